The molecule has 0 saturated carbocycles. The Bertz CT molecular complexity index is 638. The highest BCUT2D eigenvalue weighted by Crippen LogP contribution is 2.31. The van der Waals surface area contributed by atoms with E-state index < -0.39 is 5.91 Å². The predicted octanol–water partition coefficient (Wildman–Crippen LogP) is 2.52. The molecule has 0 aliphatic carbocycles. The average Bonchev–Trinajstić information content (AvgIpc) is 2.97. The molecule has 2 N–H and O–H groups in total. The molecule has 0 spiro atoms. The Labute approximate surface area is 123 Å². The number of halogens is 1. The van der Waals surface area contributed by atoms with Gasteiger partial charge in [0.25, 0.3) is 0 Å². The van der Waals surface area contributed by atoms with Gasteiger partial charge in [-0.1, -0.05) is 0 Å². The number of hydrogen-bond acceptors (Lipinski definition) is 5. The normalized spacial score (nSPS) is 10.7. The number of ether oxygens (including phenoxy) is 1. The number of aromatic hydroxyl groups is 1. The van der Waals surface area contributed by atoms with Crippen LogP contribution in [0, 0.1) is 0 Å². The van der Waals surface area contributed by atoms with Crippen LogP contribution in [0.4, 0.5) is 0 Å². The molecule has 2 aromatic rings. The first-order valence-corrected chi connectivity index (χ1v) is 6.34. The molecule has 0 atom stereocenters. The maximum atomic E-state index is 11.6. The molecule has 0 bridgehead atoms. The zero-order chi connectivity index (χ0) is 14.5. The van der Waals surface area contributed by atoms with E-state index in [9.17, 15) is 9.90 Å². The maximum Gasteiger partial charge on any atom is 0.307 e. The highest BCUT2D eigenvalue weighted by molar-refractivity contribution is 9.10. The molecule has 7 heteroatoms. The van der Waals surface area contributed by atoms with Crippen molar-refractivity contribution in [2.45, 2.75) is 0 Å². The Balaban J connectivity index is 2.11. The lowest BCUT2D eigenvalue weighted by atomic mass is 10.2. The fourth-order valence-corrected chi connectivity index (χ4v) is 1.89. The van der Waals surface area contributed by atoms with E-state index in [4.69, 9.17) is 9.15 Å². The monoisotopic (exact) mass is 338 g/mol. The van der Waals surface area contributed by atoms with Crippen molar-refractivity contribution >= 4 is 28.1 Å². The van der Waals surface area contributed by atoms with E-state index in [1.807, 2.05) is 0 Å². The van der Waals surface area contributed by atoms with Crippen LogP contribution in [0.2, 0.25) is 0 Å². The van der Waals surface area contributed by atoms with E-state index in [0.717, 1.165) is 0 Å². The molecular formula is C13H11BrN2O4. The van der Waals surface area contributed by atoms with Crippen molar-refractivity contribution < 1.29 is 19.1 Å². The van der Waals surface area contributed by atoms with Crippen molar-refractivity contribution in [3.8, 4) is 11.5 Å². The molecule has 0 fully saturated rings. The second kappa shape index (κ2) is 6.25. The highest BCUT2D eigenvalue weighted by Gasteiger charge is 2.08. The van der Waals surface area contributed by atoms with E-state index in [-0.39, 0.29) is 11.5 Å². The summed E-state index contributed by atoms with van der Waals surface area (Å²) in [5, 5.41) is 13.6. The van der Waals surface area contributed by atoms with E-state index >= 15 is 0 Å². The van der Waals surface area contributed by atoms with E-state index in [2.05, 4.69) is 26.5 Å². The van der Waals surface area contributed by atoms with Crippen molar-refractivity contribution in [2.75, 3.05) is 7.11 Å². The second-order valence-corrected chi connectivity index (χ2v) is 4.58. The molecule has 1 aromatic heterocycles. The Hall–Kier alpha value is -2.28. The average molecular weight is 339 g/mol. The number of methoxy groups -OCH3 is 1. The van der Waals surface area contributed by atoms with Gasteiger partial charge in [0, 0.05) is 5.56 Å². The number of benzene rings is 1. The summed E-state index contributed by atoms with van der Waals surface area (Å²) in [7, 11) is 1.51. The molecule has 1 aromatic carbocycles. The van der Waals surface area contributed by atoms with Crippen LogP contribution in [-0.2, 0) is 0 Å². The fourth-order valence-electron chi connectivity index (χ4n) is 1.43. The summed E-state index contributed by atoms with van der Waals surface area (Å²) in [4.78, 5) is 11.6. The standard InChI is InChI=1S/C13H11BrN2O4/c1-19-9-5-8(12(17)10(14)6-9)7-15-16-13(18)11-3-2-4-20-11/h2-7,17H,1H3,(H,16,18)/b15-7-. The minimum atomic E-state index is -0.479. The van der Waals surface area contributed by atoms with Crippen LogP contribution in [0.1, 0.15) is 16.1 Å². The number of amides is 1. The van der Waals surface area contributed by atoms with Gasteiger partial charge in [-0.15, -0.1) is 0 Å². The Morgan fingerprint density at radius 3 is 3.00 bits per heavy atom. The molecule has 0 radical (unpaired) electrons. The third-order valence-electron chi connectivity index (χ3n) is 2.42. The number of carbonyl (C=O) groups excluding carboxylic acids is 1. The van der Waals surface area contributed by atoms with Gasteiger partial charge in [0.1, 0.15) is 11.5 Å². The van der Waals surface area contributed by atoms with Crippen LogP contribution < -0.4 is 10.2 Å². The van der Waals surface area contributed by atoms with Gasteiger partial charge in [0.05, 0.1) is 24.1 Å². The van der Waals surface area contributed by atoms with E-state index in [1.54, 1.807) is 18.2 Å². The lowest BCUT2D eigenvalue weighted by Crippen LogP contribution is -2.16. The summed E-state index contributed by atoms with van der Waals surface area (Å²) in [5.41, 5.74) is 2.69. The zero-order valence-corrected chi connectivity index (χ0v) is 12.0. The molecule has 0 saturated heterocycles. The van der Waals surface area contributed by atoms with Crippen LogP contribution in [0.5, 0.6) is 11.5 Å². The Morgan fingerprint density at radius 2 is 2.35 bits per heavy atom. The molecule has 104 valence electrons. The third kappa shape index (κ3) is 3.18. The van der Waals surface area contributed by atoms with Crippen LogP contribution in [0.25, 0.3) is 0 Å². The molecule has 0 aliphatic rings. The first kappa shape index (κ1) is 14.1. The number of nitrogens with zero attached hydrogens (tertiary/aromatic N) is 1. The van der Waals surface area contributed by atoms with Gasteiger partial charge in [-0.2, -0.15) is 5.10 Å². The van der Waals surface area contributed by atoms with Crippen molar-refractivity contribution in [3.63, 3.8) is 0 Å². The number of carbonyl (C=O) groups is 1. The lowest BCUT2D eigenvalue weighted by Gasteiger charge is -2.05. The SMILES string of the molecule is COc1cc(Br)c(O)c(/C=N\NC(=O)c2ccco2)c1. The van der Waals surface area contributed by atoms with Crippen molar-refractivity contribution in [1.82, 2.24) is 5.43 Å². The summed E-state index contributed by atoms with van der Waals surface area (Å²) >= 11 is 3.20. The van der Waals surface area contributed by atoms with Crippen LogP contribution in [0.15, 0.2) is 44.5 Å². The lowest BCUT2D eigenvalue weighted by molar-refractivity contribution is 0.0927. The van der Waals surface area contributed by atoms with E-state index in [1.165, 1.54) is 25.7 Å². The fraction of sp³-hybridized carbons (Fsp3) is 0.0769. The molecule has 20 heavy (non-hydrogen) atoms. The first-order chi connectivity index (χ1) is 9.61. The number of nitrogens with one attached hydrogen (secondary N) is 1. The third-order valence-corrected chi connectivity index (χ3v) is 3.02. The summed E-state index contributed by atoms with van der Waals surface area (Å²) in [6, 6.07) is 6.32. The number of phenols is 1. The number of hydrazone groups is 1. The molecule has 1 heterocycles. The van der Waals surface area contributed by atoms with Gasteiger partial charge in [0.2, 0.25) is 0 Å². The first-order valence-electron chi connectivity index (χ1n) is 5.55. The van der Waals surface area contributed by atoms with Crippen LogP contribution in [-0.4, -0.2) is 24.3 Å². The summed E-state index contributed by atoms with van der Waals surface area (Å²) in [5.74, 6) is 0.223. The molecule has 6 nitrogen and oxygen atoms in total. The van der Waals surface area contributed by atoms with Gasteiger partial charge < -0.3 is 14.3 Å². The molecule has 2 rings (SSSR count). The minimum absolute atomic E-state index is 0.00166. The van der Waals surface area contributed by atoms with Gasteiger partial charge in [0.15, 0.2) is 5.76 Å². The highest BCUT2D eigenvalue weighted by atomic mass is 79.9. The second-order valence-electron chi connectivity index (χ2n) is 3.72. The van der Waals surface area contributed by atoms with Gasteiger partial charge in [-0.25, -0.2) is 5.43 Å². The summed E-state index contributed by atoms with van der Waals surface area (Å²) < 4.78 is 10.5. The Kier molecular flexibility index (Phi) is 4.41. The molecule has 0 aliphatic heterocycles. The predicted molar refractivity (Wildman–Crippen MR) is 76.1 cm³/mol. The topological polar surface area (TPSA) is 84.1 Å². The van der Waals surface area contributed by atoms with Crippen LogP contribution in [0.3, 0.4) is 0 Å². The van der Waals surface area contributed by atoms with Crippen molar-refractivity contribution in [1.29, 1.82) is 0 Å². The number of phenolic OH excluding ortho intramolecular Hbond substituents is 1. The maximum absolute atomic E-state index is 11.6. The number of hydrogen-bond donors (Lipinski definition) is 2. The van der Waals surface area contributed by atoms with Crippen molar-refractivity contribution in [2.24, 2.45) is 5.10 Å². The zero-order valence-electron chi connectivity index (χ0n) is 10.5. The van der Waals surface area contributed by atoms with E-state index in [0.29, 0.717) is 15.8 Å². The van der Waals surface area contributed by atoms with Crippen LogP contribution >= 0.6 is 15.9 Å². The molecule has 1 amide bonds. The smallest absolute Gasteiger partial charge is 0.307 e. The van der Waals surface area contributed by atoms with Gasteiger partial charge in [-0.05, 0) is 40.2 Å². The number of rotatable bonds is 4. The van der Waals surface area contributed by atoms with Crippen molar-refractivity contribution in [3.05, 3.63) is 46.3 Å². The summed E-state index contributed by atoms with van der Waals surface area (Å²) in [6.07, 6.45) is 2.70. The van der Waals surface area contributed by atoms with Gasteiger partial charge in [-0.3, -0.25) is 4.79 Å². The Morgan fingerprint density at radius 1 is 1.55 bits per heavy atom. The minimum Gasteiger partial charge on any atom is -0.506 e. The number of furan rings is 1. The summed E-state index contributed by atoms with van der Waals surface area (Å²) in [6.45, 7) is 0. The molecular weight excluding hydrogens is 328 g/mol. The van der Waals surface area contributed by atoms with Gasteiger partial charge >= 0.3 is 5.91 Å². The quantitative estimate of drug-likeness (QED) is 0.662. The largest absolute Gasteiger partial charge is 0.506 e. The molecule has 0 unspecified atom stereocenters.